The number of ether oxygens (including phenoxy) is 2. The molecule has 1 aliphatic rings. The van der Waals surface area contributed by atoms with Crippen LogP contribution in [0.15, 0.2) is 29.4 Å². The third-order valence-corrected chi connectivity index (χ3v) is 5.71. The third-order valence-electron chi connectivity index (χ3n) is 5.71. The highest BCUT2D eigenvalue weighted by atomic mass is 16.5. The minimum atomic E-state index is 0.666. The molecule has 0 radical (unpaired) electrons. The summed E-state index contributed by atoms with van der Waals surface area (Å²) in [6.45, 7) is 10.2. The Hall–Kier alpha value is -2.05. The van der Waals surface area contributed by atoms with Crippen LogP contribution in [0.2, 0.25) is 0 Å². The van der Waals surface area contributed by atoms with Gasteiger partial charge in [-0.3, -0.25) is 4.99 Å². The van der Waals surface area contributed by atoms with Crippen LogP contribution in [-0.2, 0) is 22.3 Å². The van der Waals surface area contributed by atoms with Gasteiger partial charge in [0, 0.05) is 63.2 Å². The summed E-state index contributed by atoms with van der Waals surface area (Å²) >= 11 is 0. The van der Waals surface area contributed by atoms with E-state index in [9.17, 15) is 0 Å². The smallest absolute Gasteiger partial charge is 0.191 e. The van der Waals surface area contributed by atoms with Crippen LogP contribution < -0.4 is 10.6 Å². The second kappa shape index (κ2) is 12.6. The van der Waals surface area contributed by atoms with Gasteiger partial charge in [-0.1, -0.05) is 25.1 Å². The van der Waals surface area contributed by atoms with Gasteiger partial charge in [-0.2, -0.15) is 0 Å². The van der Waals surface area contributed by atoms with Gasteiger partial charge in [0.2, 0.25) is 0 Å². The van der Waals surface area contributed by atoms with E-state index in [-0.39, 0.29) is 0 Å². The number of aliphatic imine (C=N–C) groups is 1. The van der Waals surface area contributed by atoms with Crippen LogP contribution in [0.3, 0.4) is 0 Å². The van der Waals surface area contributed by atoms with Gasteiger partial charge in [-0.25, -0.2) is 0 Å². The highest BCUT2D eigenvalue weighted by molar-refractivity contribution is 5.86. The largest absolute Gasteiger partial charge is 0.381 e. The van der Waals surface area contributed by atoms with Gasteiger partial charge in [0.25, 0.3) is 0 Å². The van der Waals surface area contributed by atoms with Gasteiger partial charge < -0.3 is 25.1 Å². The quantitative estimate of drug-likeness (QED) is 0.298. The Kier molecular flexibility index (Phi) is 9.51. The lowest BCUT2D eigenvalue weighted by Crippen LogP contribution is -2.38. The molecule has 1 fully saturated rings. The summed E-state index contributed by atoms with van der Waals surface area (Å²) in [5.41, 5.74) is 4.00. The van der Waals surface area contributed by atoms with Crippen molar-refractivity contribution >= 4 is 16.9 Å². The molecule has 1 aromatic carbocycles. The van der Waals surface area contributed by atoms with Crippen molar-refractivity contribution in [2.24, 2.45) is 10.9 Å². The first kappa shape index (κ1) is 22.6. The normalized spacial score (nSPS) is 15.6. The molecule has 3 N–H and O–H groups in total. The zero-order valence-corrected chi connectivity index (χ0v) is 18.6. The van der Waals surface area contributed by atoms with E-state index in [1.807, 2.05) is 0 Å². The Morgan fingerprint density at radius 1 is 1.20 bits per heavy atom. The lowest BCUT2D eigenvalue weighted by molar-refractivity contribution is 0.0205. The summed E-state index contributed by atoms with van der Waals surface area (Å²) in [5.74, 6) is 1.55. The van der Waals surface area contributed by atoms with E-state index < -0.39 is 0 Å². The molecule has 0 amide bonds. The molecule has 6 heteroatoms. The van der Waals surface area contributed by atoms with E-state index in [1.165, 1.54) is 22.0 Å². The van der Waals surface area contributed by atoms with Crippen molar-refractivity contribution in [3.63, 3.8) is 0 Å². The maximum absolute atomic E-state index is 5.84. The van der Waals surface area contributed by atoms with Crippen molar-refractivity contribution in [3.05, 3.63) is 35.5 Å². The van der Waals surface area contributed by atoms with Crippen molar-refractivity contribution in [2.45, 2.75) is 46.0 Å². The number of H-pyrrole nitrogens is 1. The van der Waals surface area contributed by atoms with Crippen molar-refractivity contribution in [3.8, 4) is 0 Å². The molecule has 30 heavy (non-hydrogen) atoms. The number of benzene rings is 1. The molecule has 3 rings (SSSR count). The van der Waals surface area contributed by atoms with Gasteiger partial charge in [0.15, 0.2) is 5.96 Å². The van der Waals surface area contributed by atoms with Crippen LogP contribution in [0.4, 0.5) is 0 Å². The minimum absolute atomic E-state index is 0.666. The van der Waals surface area contributed by atoms with Gasteiger partial charge in [-0.05, 0) is 56.1 Å². The van der Waals surface area contributed by atoms with Gasteiger partial charge in [0.1, 0.15) is 0 Å². The minimum Gasteiger partial charge on any atom is -0.381 e. The maximum Gasteiger partial charge on any atom is 0.191 e. The molecule has 6 nitrogen and oxygen atoms in total. The molecule has 1 aromatic heterocycles. The lowest BCUT2D eigenvalue weighted by atomic mass is 10.0. The van der Waals surface area contributed by atoms with E-state index in [0.717, 1.165) is 84.1 Å². The van der Waals surface area contributed by atoms with E-state index in [0.29, 0.717) is 5.92 Å². The van der Waals surface area contributed by atoms with Crippen LogP contribution in [0.1, 0.15) is 44.2 Å². The Labute approximate surface area is 180 Å². The SMILES string of the molecule is CCNC(=NCCCOCC1CCOCC1)NCCc1c[nH]c2c(CC)cccc12. The Morgan fingerprint density at radius 2 is 2.07 bits per heavy atom. The van der Waals surface area contributed by atoms with Crippen molar-refractivity contribution in [1.82, 2.24) is 15.6 Å². The number of fused-ring (bicyclic) bond motifs is 1. The summed E-state index contributed by atoms with van der Waals surface area (Å²) in [6.07, 6.45) is 7.36. The molecule has 166 valence electrons. The fourth-order valence-electron chi connectivity index (χ4n) is 3.95. The first-order valence-electron chi connectivity index (χ1n) is 11.6. The van der Waals surface area contributed by atoms with Crippen LogP contribution in [-0.4, -0.2) is 57.0 Å². The molecule has 0 bridgehead atoms. The summed E-state index contributed by atoms with van der Waals surface area (Å²) in [4.78, 5) is 8.15. The molecule has 0 unspecified atom stereocenters. The number of aryl methyl sites for hydroxylation is 1. The van der Waals surface area contributed by atoms with Crippen LogP contribution >= 0.6 is 0 Å². The van der Waals surface area contributed by atoms with E-state index in [4.69, 9.17) is 14.5 Å². The first-order chi connectivity index (χ1) is 14.8. The molecule has 1 aliphatic heterocycles. The highest BCUT2D eigenvalue weighted by Crippen LogP contribution is 2.22. The molecule has 1 saturated heterocycles. The zero-order valence-electron chi connectivity index (χ0n) is 18.6. The molecule has 2 heterocycles. The number of nitrogens with zero attached hydrogens (tertiary/aromatic N) is 1. The fourth-order valence-corrected chi connectivity index (χ4v) is 3.95. The monoisotopic (exact) mass is 414 g/mol. The molecule has 0 spiro atoms. The molecular weight excluding hydrogens is 376 g/mol. The molecule has 0 saturated carbocycles. The van der Waals surface area contributed by atoms with Crippen LogP contribution in [0, 0.1) is 5.92 Å². The fraction of sp³-hybridized carbons (Fsp3) is 0.625. The highest BCUT2D eigenvalue weighted by Gasteiger charge is 2.13. The van der Waals surface area contributed by atoms with Crippen molar-refractivity contribution in [1.29, 1.82) is 0 Å². The number of aromatic nitrogens is 1. The summed E-state index contributed by atoms with van der Waals surface area (Å²) < 4.78 is 11.2. The van der Waals surface area contributed by atoms with Gasteiger partial charge in [0.05, 0.1) is 0 Å². The lowest BCUT2D eigenvalue weighted by Gasteiger charge is -2.21. The van der Waals surface area contributed by atoms with Crippen molar-refractivity contribution in [2.75, 3.05) is 46.1 Å². The zero-order chi connectivity index (χ0) is 21.0. The predicted octanol–water partition coefficient (Wildman–Crippen LogP) is 3.66. The second-order valence-electron chi connectivity index (χ2n) is 7.93. The summed E-state index contributed by atoms with van der Waals surface area (Å²) in [7, 11) is 0. The predicted molar refractivity (Wildman–Crippen MR) is 124 cm³/mol. The maximum atomic E-state index is 5.84. The van der Waals surface area contributed by atoms with Gasteiger partial charge >= 0.3 is 0 Å². The molecular formula is C24H38N4O2. The second-order valence-corrected chi connectivity index (χ2v) is 7.93. The average Bonchev–Trinajstić information content (AvgIpc) is 3.20. The topological polar surface area (TPSA) is 70.7 Å². The number of rotatable bonds is 11. The Bertz CT molecular complexity index is 781. The number of para-hydroxylation sites is 1. The van der Waals surface area contributed by atoms with E-state index >= 15 is 0 Å². The third kappa shape index (κ3) is 6.74. The van der Waals surface area contributed by atoms with Crippen LogP contribution in [0.25, 0.3) is 10.9 Å². The van der Waals surface area contributed by atoms with Crippen molar-refractivity contribution < 1.29 is 9.47 Å². The number of aromatic amines is 1. The average molecular weight is 415 g/mol. The molecule has 0 aliphatic carbocycles. The number of guanidine groups is 1. The van der Waals surface area contributed by atoms with E-state index in [2.05, 4.69) is 53.9 Å². The van der Waals surface area contributed by atoms with Gasteiger partial charge in [-0.15, -0.1) is 0 Å². The first-order valence-corrected chi connectivity index (χ1v) is 11.6. The van der Waals surface area contributed by atoms with Crippen LogP contribution in [0.5, 0.6) is 0 Å². The molecule has 0 atom stereocenters. The Morgan fingerprint density at radius 3 is 2.87 bits per heavy atom. The van der Waals surface area contributed by atoms with E-state index in [1.54, 1.807) is 0 Å². The standard InChI is InChI=1S/C24H38N4O2/c1-3-20-7-5-8-22-21(17-28-23(20)22)9-13-27-24(25-4-2)26-12-6-14-30-18-19-10-15-29-16-11-19/h5,7-8,17,19,28H,3-4,6,9-16,18H2,1-2H3,(H2,25,26,27). The number of hydrogen-bond acceptors (Lipinski definition) is 3. The number of hydrogen-bond donors (Lipinski definition) is 3. The number of nitrogens with one attached hydrogen (secondary N) is 3. The summed E-state index contributed by atoms with van der Waals surface area (Å²) in [5, 5.41) is 8.14. The Balaban J connectivity index is 1.38. The summed E-state index contributed by atoms with van der Waals surface area (Å²) in [6, 6.07) is 6.56. The molecule has 2 aromatic rings.